The molecule has 3 heterocycles. The van der Waals surface area contributed by atoms with Crippen LogP contribution in [0.5, 0.6) is 5.75 Å². The molecule has 5 rings (SSSR count). The van der Waals surface area contributed by atoms with Crippen LogP contribution in [-0.4, -0.2) is 21.4 Å². The molecule has 1 saturated heterocycles. The predicted molar refractivity (Wildman–Crippen MR) is 135 cm³/mol. The molecule has 2 unspecified atom stereocenters. The van der Waals surface area contributed by atoms with E-state index >= 15 is 0 Å². The number of pyridine rings is 1. The molecule has 2 aromatic heterocycles. The molecule has 1 aliphatic heterocycles. The summed E-state index contributed by atoms with van der Waals surface area (Å²) in [6.45, 7) is 2.68. The molecule has 2 aromatic carbocycles. The number of nitrogens with zero attached hydrogens (tertiary/aromatic N) is 3. The van der Waals surface area contributed by atoms with Crippen molar-refractivity contribution in [2.45, 2.75) is 38.5 Å². The lowest BCUT2D eigenvalue weighted by Gasteiger charge is -2.23. The molecule has 0 spiro atoms. The molecule has 0 bridgehead atoms. The molecular formula is C25H22BrCl2N3O2. The van der Waals surface area contributed by atoms with Gasteiger partial charge in [0.15, 0.2) is 6.23 Å². The summed E-state index contributed by atoms with van der Waals surface area (Å²) in [7, 11) is 0. The Morgan fingerprint density at radius 1 is 1.09 bits per heavy atom. The van der Waals surface area contributed by atoms with Gasteiger partial charge >= 0.3 is 0 Å². The fourth-order valence-corrected chi connectivity index (χ4v) is 5.16. The highest BCUT2D eigenvalue weighted by atomic mass is 79.9. The molecule has 2 atom stereocenters. The second kappa shape index (κ2) is 9.63. The average Bonchev–Trinajstić information content (AvgIpc) is 3.19. The van der Waals surface area contributed by atoms with Crippen LogP contribution in [-0.2, 0) is 4.74 Å². The third-order valence-corrected chi connectivity index (χ3v) is 6.96. The Balaban J connectivity index is 1.57. The predicted octanol–water partition coefficient (Wildman–Crippen LogP) is 8.01. The van der Waals surface area contributed by atoms with Gasteiger partial charge in [0.05, 0.1) is 15.6 Å². The Bertz CT molecular complexity index is 1270. The van der Waals surface area contributed by atoms with Gasteiger partial charge in [-0.25, -0.2) is 4.68 Å². The number of hydrogen-bond donors (Lipinski definition) is 0. The van der Waals surface area contributed by atoms with E-state index < -0.39 is 0 Å². The van der Waals surface area contributed by atoms with Crippen LogP contribution in [0, 0.1) is 0 Å². The summed E-state index contributed by atoms with van der Waals surface area (Å²) < 4.78 is 15.3. The Morgan fingerprint density at radius 3 is 2.55 bits per heavy atom. The van der Waals surface area contributed by atoms with E-state index in [1.54, 1.807) is 12.4 Å². The lowest BCUT2D eigenvalue weighted by molar-refractivity contribution is -0.0365. The standard InChI is InChI=1S/C25H22BrCl2N3O2/c1-15(24-20(27)13-29-14-21(24)28)33-18-9-10-22-19(12-18)25(16-5-7-17(26)8-6-16)30-31(22)23-4-2-3-11-32-23/h5-10,12-15,23H,2-4,11H2,1H3. The molecule has 4 aromatic rings. The maximum absolute atomic E-state index is 6.34. The molecule has 33 heavy (non-hydrogen) atoms. The van der Waals surface area contributed by atoms with Crippen molar-refractivity contribution in [3.63, 3.8) is 0 Å². The minimum absolute atomic E-state index is 0.0643. The Hall–Kier alpha value is -2.12. The Morgan fingerprint density at radius 2 is 1.85 bits per heavy atom. The van der Waals surface area contributed by atoms with Crippen molar-refractivity contribution in [2.75, 3.05) is 6.61 Å². The Labute approximate surface area is 210 Å². The van der Waals surface area contributed by atoms with Gasteiger partial charge in [-0.3, -0.25) is 4.98 Å². The molecule has 170 valence electrons. The molecule has 0 radical (unpaired) electrons. The molecule has 1 fully saturated rings. The highest BCUT2D eigenvalue weighted by Crippen LogP contribution is 2.37. The quantitative estimate of drug-likeness (QED) is 0.254. The third kappa shape index (κ3) is 4.62. The highest BCUT2D eigenvalue weighted by molar-refractivity contribution is 9.10. The van der Waals surface area contributed by atoms with Gasteiger partial charge in [-0.05, 0) is 56.5 Å². The van der Waals surface area contributed by atoms with Crippen LogP contribution < -0.4 is 4.74 Å². The summed E-state index contributed by atoms with van der Waals surface area (Å²) in [6, 6.07) is 14.2. The van der Waals surface area contributed by atoms with Crippen molar-refractivity contribution in [1.29, 1.82) is 0 Å². The number of fused-ring (bicyclic) bond motifs is 1. The van der Waals surface area contributed by atoms with Crippen LogP contribution in [0.15, 0.2) is 59.3 Å². The monoisotopic (exact) mass is 545 g/mol. The van der Waals surface area contributed by atoms with E-state index in [2.05, 4.69) is 33.0 Å². The number of hydrogen-bond acceptors (Lipinski definition) is 4. The molecule has 0 amide bonds. The van der Waals surface area contributed by atoms with Crippen molar-refractivity contribution >= 4 is 50.0 Å². The van der Waals surface area contributed by atoms with E-state index in [0.717, 1.165) is 52.5 Å². The first kappa shape index (κ1) is 22.7. The number of rotatable bonds is 5. The van der Waals surface area contributed by atoms with Crippen LogP contribution in [0.3, 0.4) is 0 Å². The summed E-state index contributed by atoms with van der Waals surface area (Å²) in [6.07, 6.45) is 5.91. The van der Waals surface area contributed by atoms with E-state index in [1.807, 2.05) is 41.9 Å². The third-order valence-electron chi connectivity index (χ3n) is 5.83. The Kier molecular flexibility index (Phi) is 6.61. The van der Waals surface area contributed by atoms with Crippen molar-refractivity contribution in [2.24, 2.45) is 0 Å². The lowest BCUT2D eigenvalue weighted by atomic mass is 10.1. The average molecular weight is 547 g/mol. The molecule has 0 aliphatic carbocycles. The summed E-state index contributed by atoms with van der Waals surface area (Å²) in [5.74, 6) is 0.710. The van der Waals surface area contributed by atoms with E-state index in [4.69, 9.17) is 37.8 Å². The smallest absolute Gasteiger partial charge is 0.150 e. The highest BCUT2D eigenvalue weighted by Gasteiger charge is 2.23. The van der Waals surface area contributed by atoms with Crippen LogP contribution in [0.25, 0.3) is 22.2 Å². The molecule has 1 aliphatic rings. The number of aromatic nitrogens is 3. The maximum atomic E-state index is 6.34. The zero-order valence-electron chi connectivity index (χ0n) is 18.0. The van der Waals surface area contributed by atoms with Crippen molar-refractivity contribution in [1.82, 2.24) is 14.8 Å². The minimum Gasteiger partial charge on any atom is -0.486 e. The normalized spacial score (nSPS) is 17.3. The zero-order valence-corrected chi connectivity index (χ0v) is 21.1. The first-order valence-electron chi connectivity index (χ1n) is 10.9. The minimum atomic E-state index is -0.349. The SMILES string of the molecule is CC(Oc1ccc2c(c1)c(-c1ccc(Br)cc1)nn2C1CCCCO1)c1c(Cl)cncc1Cl. The van der Waals surface area contributed by atoms with E-state index in [9.17, 15) is 0 Å². The fourth-order valence-electron chi connectivity index (χ4n) is 4.22. The van der Waals surface area contributed by atoms with Gasteiger partial charge < -0.3 is 9.47 Å². The zero-order chi connectivity index (χ0) is 22.9. The topological polar surface area (TPSA) is 49.2 Å². The first-order chi connectivity index (χ1) is 16.0. The van der Waals surface area contributed by atoms with E-state index in [0.29, 0.717) is 21.4 Å². The van der Waals surface area contributed by atoms with Crippen molar-refractivity contribution in [3.05, 3.63) is 74.9 Å². The summed E-state index contributed by atoms with van der Waals surface area (Å²) in [5.41, 5.74) is 3.65. The second-order valence-electron chi connectivity index (χ2n) is 8.08. The van der Waals surface area contributed by atoms with Crippen molar-refractivity contribution in [3.8, 4) is 17.0 Å². The van der Waals surface area contributed by atoms with Crippen LogP contribution >= 0.6 is 39.1 Å². The van der Waals surface area contributed by atoms with E-state index in [1.165, 1.54) is 0 Å². The van der Waals surface area contributed by atoms with Gasteiger partial charge in [0, 0.05) is 40.0 Å². The summed E-state index contributed by atoms with van der Waals surface area (Å²) in [5, 5.41) is 6.95. The number of benzene rings is 2. The van der Waals surface area contributed by atoms with Gasteiger partial charge in [-0.1, -0.05) is 51.3 Å². The lowest BCUT2D eigenvalue weighted by Crippen LogP contribution is -2.19. The van der Waals surface area contributed by atoms with Gasteiger partial charge in [0.1, 0.15) is 17.5 Å². The summed E-state index contributed by atoms with van der Waals surface area (Å²) in [4.78, 5) is 4.03. The second-order valence-corrected chi connectivity index (χ2v) is 9.81. The molecule has 5 nitrogen and oxygen atoms in total. The van der Waals surface area contributed by atoms with Crippen LogP contribution in [0.1, 0.15) is 44.1 Å². The number of halogens is 3. The number of ether oxygens (including phenoxy) is 2. The molecule has 0 saturated carbocycles. The van der Waals surface area contributed by atoms with Gasteiger partial charge in [0.25, 0.3) is 0 Å². The maximum Gasteiger partial charge on any atom is 0.150 e. The summed E-state index contributed by atoms with van der Waals surface area (Å²) >= 11 is 16.2. The fraction of sp³-hybridized carbons (Fsp3) is 0.280. The van der Waals surface area contributed by atoms with Gasteiger partial charge in [0.2, 0.25) is 0 Å². The van der Waals surface area contributed by atoms with Crippen LogP contribution in [0.4, 0.5) is 0 Å². The van der Waals surface area contributed by atoms with E-state index in [-0.39, 0.29) is 12.3 Å². The molecular weight excluding hydrogens is 525 g/mol. The first-order valence-corrected chi connectivity index (χ1v) is 12.4. The van der Waals surface area contributed by atoms with Gasteiger partial charge in [-0.15, -0.1) is 0 Å². The largest absolute Gasteiger partial charge is 0.486 e. The van der Waals surface area contributed by atoms with Crippen LogP contribution in [0.2, 0.25) is 10.0 Å². The molecule has 8 heteroatoms. The molecule has 0 N–H and O–H groups in total. The van der Waals surface area contributed by atoms with Crippen molar-refractivity contribution < 1.29 is 9.47 Å². The van der Waals surface area contributed by atoms with Gasteiger partial charge in [-0.2, -0.15) is 5.10 Å².